The molecule has 0 bridgehead atoms. The second-order valence-corrected chi connectivity index (χ2v) is 9.15. The summed E-state index contributed by atoms with van der Waals surface area (Å²) in [4.78, 5) is 7.70. The summed E-state index contributed by atoms with van der Waals surface area (Å²) in [6.07, 6.45) is 3.27. The van der Waals surface area contributed by atoms with E-state index in [9.17, 15) is 5.11 Å². The quantitative estimate of drug-likeness (QED) is 0.671. The third-order valence-electron chi connectivity index (χ3n) is 6.73. The molecule has 0 aromatic heterocycles. The van der Waals surface area contributed by atoms with Crippen molar-refractivity contribution in [2.24, 2.45) is 0 Å². The van der Waals surface area contributed by atoms with Crippen LogP contribution in [0.4, 0.5) is 0 Å². The molecule has 2 aliphatic heterocycles. The van der Waals surface area contributed by atoms with Gasteiger partial charge in [0, 0.05) is 50.9 Å². The maximum absolute atomic E-state index is 9.69. The summed E-state index contributed by atoms with van der Waals surface area (Å²) in [7, 11) is 3.24. The molecule has 2 heterocycles. The van der Waals surface area contributed by atoms with Crippen LogP contribution in [0.5, 0.6) is 11.5 Å². The second kappa shape index (κ2) is 11.0. The van der Waals surface area contributed by atoms with E-state index in [4.69, 9.17) is 21.1 Å². The Morgan fingerprint density at radius 1 is 1.10 bits per heavy atom. The second-order valence-electron chi connectivity index (χ2n) is 8.77. The first kappa shape index (κ1) is 23.6. The zero-order valence-electron chi connectivity index (χ0n) is 18.9. The van der Waals surface area contributed by atoms with Crippen LogP contribution in [-0.2, 0) is 6.54 Å². The molecule has 0 amide bonds. The van der Waals surface area contributed by atoms with E-state index in [1.807, 2.05) is 12.1 Å². The van der Waals surface area contributed by atoms with Gasteiger partial charge in [-0.2, -0.15) is 0 Å². The molecule has 0 saturated carbocycles. The fourth-order valence-corrected chi connectivity index (χ4v) is 5.28. The maximum atomic E-state index is 9.69. The summed E-state index contributed by atoms with van der Waals surface area (Å²) < 4.78 is 10.8. The number of rotatable bonds is 8. The smallest absolute Gasteiger partial charge is 0.179 e. The molecule has 2 fully saturated rings. The molecule has 0 unspecified atom stereocenters. The molecule has 170 valence electrons. The van der Waals surface area contributed by atoms with Gasteiger partial charge in [-0.15, -0.1) is 0 Å². The number of aliphatic hydroxyl groups is 1. The highest BCUT2D eigenvalue weighted by atomic mass is 35.5. The number of hydrogen-bond donors (Lipinski definition) is 1. The molecule has 7 heteroatoms. The molecule has 3 rings (SSSR count). The fraction of sp³-hybridized carbons (Fsp3) is 0.739. The first-order valence-electron chi connectivity index (χ1n) is 11.2. The molecule has 1 N–H and O–H groups in total. The summed E-state index contributed by atoms with van der Waals surface area (Å²) >= 11 is 6.61. The van der Waals surface area contributed by atoms with Gasteiger partial charge in [0.15, 0.2) is 11.5 Å². The number of nitrogens with zero attached hydrogens (tertiary/aromatic N) is 3. The molecule has 30 heavy (non-hydrogen) atoms. The topological polar surface area (TPSA) is 48.4 Å². The zero-order valence-corrected chi connectivity index (χ0v) is 19.7. The van der Waals surface area contributed by atoms with E-state index in [1.54, 1.807) is 14.2 Å². The van der Waals surface area contributed by atoms with Gasteiger partial charge < -0.3 is 19.5 Å². The minimum atomic E-state index is 0.233. The Kier molecular flexibility index (Phi) is 8.66. The van der Waals surface area contributed by atoms with Crippen LogP contribution in [-0.4, -0.2) is 91.5 Å². The van der Waals surface area contributed by atoms with Crippen molar-refractivity contribution in [3.8, 4) is 11.5 Å². The molecule has 1 aromatic carbocycles. The molecular weight excluding hydrogens is 402 g/mol. The lowest BCUT2D eigenvalue weighted by atomic mass is 9.97. The van der Waals surface area contributed by atoms with Crippen molar-refractivity contribution in [2.45, 2.75) is 57.8 Å². The Morgan fingerprint density at radius 2 is 1.83 bits per heavy atom. The number of ether oxygens (including phenoxy) is 2. The van der Waals surface area contributed by atoms with E-state index < -0.39 is 0 Å². The van der Waals surface area contributed by atoms with Gasteiger partial charge in [-0.25, -0.2) is 0 Å². The van der Waals surface area contributed by atoms with Crippen LogP contribution in [0.2, 0.25) is 5.02 Å². The molecule has 0 spiro atoms. The van der Waals surface area contributed by atoms with Gasteiger partial charge in [-0.3, -0.25) is 9.80 Å². The summed E-state index contributed by atoms with van der Waals surface area (Å²) in [6, 6.07) is 5.59. The van der Waals surface area contributed by atoms with E-state index in [1.165, 1.54) is 25.9 Å². The van der Waals surface area contributed by atoms with Gasteiger partial charge in [-0.05, 0) is 57.8 Å². The van der Waals surface area contributed by atoms with Crippen LogP contribution in [0.3, 0.4) is 0 Å². The highest BCUT2D eigenvalue weighted by Crippen LogP contribution is 2.38. The highest BCUT2D eigenvalue weighted by Gasteiger charge is 2.34. The number of likely N-dealkylation sites (tertiary alicyclic amines) is 1. The van der Waals surface area contributed by atoms with Crippen molar-refractivity contribution in [1.82, 2.24) is 14.7 Å². The Labute approximate surface area is 186 Å². The minimum absolute atomic E-state index is 0.233. The van der Waals surface area contributed by atoms with Crippen LogP contribution in [0, 0.1) is 0 Å². The minimum Gasteiger partial charge on any atom is -0.493 e. The summed E-state index contributed by atoms with van der Waals surface area (Å²) in [5, 5.41) is 10.3. The average Bonchev–Trinajstić information content (AvgIpc) is 2.75. The van der Waals surface area contributed by atoms with Crippen molar-refractivity contribution < 1.29 is 14.6 Å². The summed E-state index contributed by atoms with van der Waals surface area (Å²) in [5.74, 6) is 1.25. The van der Waals surface area contributed by atoms with Crippen LogP contribution >= 0.6 is 11.6 Å². The van der Waals surface area contributed by atoms with Crippen molar-refractivity contribution in [3.63, 3.8) is 0 Å². The lowest BCUT2D eigenvalue weighted by Crippen LogP contribution is -2.58. The van der Waals surface area contributed by atoms with Crippen molar-refractivity contribution >= 4 is 11.6 Å². The number of methoxy groups -OCH3 is 2. The van der Waals surface area contributed by atoms with E-state index in [0.717, 1.165) is 38.2 Å². The van der Waals surface area contributed by atoms with Crippen molar-refractivity contribution in [1.29, 1.82) is 0 Å². The first-order chi connectivity index (χ1) is 14.5. The fourth-order valence-electron chi connectivity index (χ4n) is 4.99. The average molecular weight is 440 g/mol. The van der Waals surface area contributed by atoms with E-state index in [0.29, 0.717) is 34.6 Å². The molecule has 1 atom stereocenters. The Morgan fingerprint density at radius 3 is 2.43 bits per heavy atom. The van der Waals surface area contributed by atoms with Gasteiger partial charge in [0.25, 0.3) is 0 Å². The van der Waals surface area contributed by atoms with Gasteiger partial charge in [-0.1, -0.05) is 17.7 Å². The first-order valence-corrected chi connectivity index (χ1v) is 11.6. The van der Waals surface area contributed by atoms with E-state index in [-0.39, 0.29) is 6.61 Å². The Hall–Kier alpha value is -1.05. The largest absolute Gasteiger partial charge is 0.493 e. The molecular formula is C23H38ClN3O3. The third kappa shape index (κ3) is 5.40. The number of benzene rings is 1. The zero-order chi connectivity index (χ0) is 21.7. The predicted octanol–water partition coefficient (Wildman–Crippen LogP) is 3.10. The Bertz CT molecular complexity index is 680. The normalized spacial score (nSPS) is 22.6. The van der Waals surface area contributed by atoms with Crippen LogP contribution in [0.15, 0.2) is 12.1 Å². The summed E-state index contributed by atoms with van der Waals surface area (Å²) in [6.45, 7) is 10.9. The number of piperidine rings is 1. The highest BCUT2D eigenvalue weighted by molar-refractivity contribution is 6.33. The summed E-state index contributed by atoms with van der Waals surface area (Å²) in [5.41, 5.74) is 1.05. The monoisotopic (exact) mass is 439 g/mol. The van der Waals surface area contributed by atoms with Crippen LogP contribution in [0.1, 0.15) is 38.7 Å². The lowest BCUT2D eigenvalue weighted by molar-refractivity contribution is -0.0000378. The number of hydrogen-bond acceptors (Lipinski definition) is 6. The molecule has 2 aliphatic rings. The lowest BCUT2D eigenvalue weighted by Gasteiger charge is -2.48. The SMILES string of the molecule is COc1ccc(CN2CCN(C3CCN(C(C)C)CC3)[C@H](CCO)C2)c(Cl)c1OC. The molecule has 0 aliphatic carbocycles. The van der Waals surface area contributed by atoms with Gasteiger partial charge in [0.05, 0.1) is 19.2 Å². The van der Waals surface area contributed by atoms with Gasteiger partial charge in [0.2, 0.25) is 0 Å². The van der Waals surface area contributed by atoms with Gasteiger partial charge >= 0.3 is 0 Å². The standard InChI is InChI=1S/C23H38ClN3O3/c1-17(2)26-10-7-19(8-11-26)27-13-12-25(16-20(27)9-14-28)15-18-5-6-21(29-3)23(30-4)22(18)24/h5-6,17,19-20,28H,7-16H2,1-4H3/t20-/m1/s1. The number of piperazine rings is 1. The molecule has 0 radical (unpaired) electrons. The van der Waals surface area contributed by atoms with Crippen molar-refractivity contribution in [3.05, 3.63) is 22.7 Å². The predicted molar refractivity (Wildman–Crippen MR) is 122 cm³/mol. The van der Waals surface area contributed by atoms with Crippen LogP contribution in [0.25, 0.3) is 0 Å². The number of halogens is 1. The molecule has 1 aromatic rings. The maximum Gasteiger partial charge on any atom is 0.179 e. The van der Waals surface area contributed by atoms with Crippen LogP contribution < -0.4 is 9.47 Å². The van der Waals surface area contributed by atoms with E-state index in [2.05, 4.69) is 28.5 Å². The van der Waals surface area contributed by atoms with Crippen molar-refractivity contribution in [2.75, 3.05) is 53.6 Å². The molecule has 6 nitrogen and oxygen atoms in total. The number of aliphatic hydroxyl groups excluding tert-OH is 1. The molecule has 2 saturated heterocycles. The van der Waals surface area contributed by atoms with Gasteiger partial charge in [0.1, 0.15) is 0 Å². The Balaban J connectivity index is 1.64. The third-order valence-corrected chi connectivity index (χ3v) is 7.15. The van der Waals surface area contributed by atoms with E-state index >= 15 is 0 Å².